The van der Waals surface area contributed by atoms with E-state index in [0.29, 0.717) is 11.8 Å². The standard InChI is InChI=1S/C12H20N2O/c1-9(2)7-10(3)8-14-12(15)6-5-11(4)13-14/h5-6,9-10H,7-8H2,1-4H3. The molecule has 1 atom stereocenters. The van der Waals surface area contributed by atoms with Crippen molar-refractivity contribution in [3.05, 3.63) is 28.2 Å². The Morgan fingerprint density at radius 1 is 1.33 bits per heavy atom. The van der Waals surface area contributed by atoms with Crippen LogP contribution >= 0.6 is 0 Å². The van der Waals surface area contributed by atoms with Crippen molar-refractivity contribution in [3.63, 3.8) is 0 Å². The fourth-order valence-corrected chi connectivity index (χ4v) is 1.86. The van der Waals surface area contributed by atoms with Gasteiger partial charge in [0.25, 0.3) is 5.56 Å². The fraction of sp³-hybridized carbons (Fsp3) is 0.667. The van der Waals surface area contributed by atoms with E-state index >= 15 is 0 Å². The molecular weight excluding hydrogens is 188 g/mol. The van der Waals surface area contributed by atoms with E-state index < -0.39 is 0 Å². The second kappa shape index (κ2) is 5.10. The minimum atomic E-state index is -0.00351. The van der Waals surface area contributed by atoms with E-state index in [1.165, 1.54) is 0 Å². The van der Waals surface area contributed by atoms with Crippen molar-refractivity contribution in [1.29, 1.82) is 0 Å². The highest BCUT2D eigenvalue weighted by atomic mass is 16.1. The normalized spacial score (nSPS) is 13.1. The van der Waals surface area contributed by atoms with Crippen molar-refractivity contribution in [3.8, 4) is 0 Å². The van der Waals surface area contributed by atoms with Crippen LogP contribution in [-0.4, -0.2) is 9.78 Å². The molecule has 1 rings (SSSR count). The molecule has 0 bridgehead atoms. The molecule has 1 heterocycles. The van der Waals surface area contributed by atoms with Gasteiger partial charge < -0.3 is 0 Å². The van der Waals surface area contributed by atoms with Crippen LogP contribution in [0.2, 0.25) is 0 Å². The van der Waals surface area contributed by atoms with Crippen molar-refractivity contribution in [2.45, 2.75) is 40.7 Å². The van der Waals surface area contributed by atoms with Gasteiger partial charge in [0, 0.05) is 12.6 Å². The van der Waals surface area contributed by atoms with Gasteiger partial charge in [0.05, 0.1) is 5.69 Å². The van der Waals surface area contributed by atoms with Crippen LogP contribution in [0.25, 0.3) is 0 Å². The molecule has 3 heteroatoms. The molecule has 1 aromatic rings. The molecule has 0 fully saturated rings. The molecule has 0 saturated carbocycles. The zero-order chi connectivity index (χ0) is 11.4. The Bertz CT molecular complexity index is 368. The smallest absolute Gasteiger partial charge is 0.266 e. The number of hydrogen-bond acceptors (Lipinski definition) is 2. The SMILES string of the molecule is Cc1ccc(=O)n(CC(C)CC(C)C)n1. The average molecular weight is 208 g/mol. The summed E-state index contributed by atoms with van der Waals surface area (Å²) in [6, 6.07) is 3.34. The van der Waals surface area contributed by atoms with E-state index in [0.717, 1.165) is 18.7 Å². The van der Waals surface area contributed by atoms with Crippen molar-refractivity contribution >= 4 is 0 Å². The minimum absolute atomic E-state index is 0.00351. The third-order valence-electron chi connectivity index (χ3n) is 2.36. The monoisotopic (exact) mass is 208 g/mol. The van der Waals surface area contributed by atoms with Gasteiger partial charge in [-0.2, -0.15) is 5.10 Å². The molecule has 1 aromatic heterocycles. The summed E-state index contributed by atoms with van der Waals surface area (Å²) in [6.45, 7) is 9.18. The number of aromatic nitrogens is 2. The van der Waals surface area contributed by atoms with Gasteiger partial charge in [-0.25, -0.2) is 4.68 Å². The molecule has 3 nitrogen and oxygen atoms in total. The summed E-state index contributed by atoms with van der Waals surface area (Å²) in [5.74, 6) is 1.16. The second-order valence-electron chi connectivity index (χ2n) is 4.73. The Morgan fingerprint density at radius 3 is 2.60 bits per heavy atom. The molecule has 0 aliphatic heterocycles. The van der Waals surface area contributed by atoms with E-state index in [1.807, 2.05) is 6.92 Å². The molecule has 15 heavy (non-hydrogen) atoms. The Balaban J connectivity index is 2.71. The van der Waals surface area contributed by atoms with Gasteiger partial charge in [0.1, 0.15) is 0 Å². The number of nitrogens with zero attached hydrogens (tertiary/aromatic N) is 2. The average Bonchev–Trinajstić information content (AvgIpc) is 2.10. The van der Waals surface area contributed by atoms with Crippen molar-refractivity contribution < 1.29 is 0 Å². The predicted octanol–water partition coefficient (Wildman–Crippen LogP) is 2.23. The van der Waals surface area contributed by atoms with Crippen LogP contribution in [0.1, 0.15) is 32.9 Å². The lowest BCUT2D eigenvalue weighted by Crippen LogP contribution is -2.25. The molecule has 0 radical (unpaired) electrons. The number of aryl methyl sites for hydroxylation is 1. The largest absolute Gasteiger partial charge is 0.268 e. The summed E-state index contributed by atoms with van der Waals surface area (Å²) in [4.78, 5) is 11.5. The first-order chi connectivity index (χ1) is 6.99. The van der Waals surface area contributed by atoms with Crippen LogP contribution in [0.4, 0.5) is 0 Å². The third kappa shape index (κ3) is 3.86. The minimum Gasteiger partial charge on any atom is -0.268 e. The summed E-state index contributed by atoms with van der Waals surface area (Å²) < 4.78 is 1.57. The first-order valence-electron chi connectivity index (χ1n) is 5.54. The highest BCUT2D eigenvalue weighted by Crippen LogP contribution is 2.11. The van der Waals surface area contributed by atoms with Crippen LogP contribution in [0, 0.1) is 18.8 Å². The molecule has 0 aliphatic rings. The lowest BCUT2D eigenvalue weighted by atomic mass is 9.99. The van der Waals surface area contributed by atoms with E-state index in [1.54, 1.807) is 16.8 Å². The van der Waals surface area contributed by atoms with Crippen LogP contribution in [0.15, 0.2) is 16.9 Å². The first kappa shape index (κ1) is 12.0. The van der Waals surface area contributed by atoms with Gasteiger partial charge in [0.2, 0.25) is 0 Å². The molecule has 0 amide bonds. The highest BCUT2D eigenvalue weighted by Gasteiger charge is 2.07. The van der Waals surface area contributed by atoms with Gasteiger partial charge in [-0.1, -0.05) is 20.8 Å². The first-order valence-corrected chi connectivity index (χ1v) is 5.54. The van der Waals surface area contributed by atoms with Gasteiger partial charge >= 0.3 is 0 Å². The Hall–Kier alpha value is -1.12. The predicted molar refractivity (Wildman–Crippen MR) is 61.9 cm³/mol. The van der Waals surface area contributed by atoms with Gasteiger partial charge in [-0.15, -0.1) is 0 Å². The van der Waals surface area contributed by atoms with E-state index in [2.05, 4.69) is 25.9 Å². The maximum atomic E-state index is 11.5. The van der Waals surface area contributed by atoms with E-state index in [-0.39, 0.29) is 5.56 Å². The van der Waals surface area contributed by atoms with Crippen molar-refractivity contribution in [2.24, 2.45) is 11.8 Å². The lowest BCUT2D eigenvalue weighted by Gasteiger charge is -2.14. The Labute approximate surface area is 91.1 Å². The zero-order valence-corrected chi connectivity index (χ0v) is 10.0. The van der Waals surface area contributed by atoms with Crippen LogP contribution in [0.5, 0.6) is 0 Å². The summed E-state index contributed by atoms with van der Waals surface area (Å²) in [5, 5.41) is 4.22. The molecule has 1 unspecified atom stereocenters. The topological polar surface area (TPSA) is 34.9 Å². The van der Waals surface area contributed by atoms with Crippen LogP contribution in [0.3, 0.4) is 0 Å². The second-order valence-corrected chi connectivity index (χ2v) is 4.73. The maximum Gasteiger partial charge on any atom is 0.266 e. The van der Waals surface area contributed by atoms with E-state index in [9.17, 15) is 4.79 Å². The Morgan fingerprint density at radius 2 is 2.00 bits per heavy atom. The quantitative estimate of drug-likeness (QED) is 0.760. The van der Waals surface area contributed by atoms with Crippen LogP contribution in [-0.2, 0) is 6.54 Å². The molecule has 0 saturated heterocycles. The lowest BCUT2D eigenvalue weighted by molar-refractivity contribution is 0.364. The summed E-state index contributed by atoms with van der Waals surface area (Å²) >= 11 is 0. The summed E-state index contributed by atoms with van der Waals surface area (Å²) in [7, 11) is 0. The molecular formula is C12H20N2O. The summed E-state index contributed by atoms with van der Waals surface area (Å²) in [5.41, 5.74) is 0.891. The maximum absolute atomic E-state index is 11.5. The number of rotatable bonds is 4. The van der Waals surface area contributed by atoms with Crippen molar-refractivity contribution in [2.75, 3.05) is 0 Å². The molecule has 0 aliphatic carbocycles. The summed E-state index contributed by atoms with van der Waals surface area (Å²) in [6.07, 6.45) is 1.13. The highest BCUT2D eigenvalue weighted by molar-refractivity contribution is 4.97. The number of hydrogen-bond donors (Lipinski definition) is 0. The van der Waals surface area contributed by atoms with Crippen LogP contribution < -0.4 is 5.56 Å². The van der Waals surface area contributed by atoms with Gasteiger partial charge in [-0.3, -0.25) is 4.79 Å². The molecule has 0 aromatic carbocycles. The fourth-order valence-electron chi connectivity index (χ4n) is 1.86. The third-order valence-corrected chi connectivity index (χ3v) is 2.36. The molecule has 84 valence electrons. The van der Waals surface area contributed by atoms with Crippen molar-refractivity contribution in [1.82, 2.24) is 9.78 Å². The Kier molecular flexibility index (Phi) is 4.06. The van der Waals surface area contributed by atoms with Gasteiger partial charge in [0.15, 0.2) is 0 Å². The molecule has 0 N–H and O–H groups in total. The van der Waals surface area contributed by atoms with Gasteiger partial charge in [-0.05, 0) is 31.2 Å². The zero-order valence-electron chi connectivity index (χ0n) is 10.0. The van der Waals surface area contributed by atoms with E-state index in [4.69, 9.17) is 0 Å². The molecule has 0 spiro atoms.